The molecule has 0 spiro atoms. The summed E-state index contributed by atoms with van der Waals surface area (Å²) in [4.78, 5) is 11.6. The number of hydrogen-bond donors (Lipinski definition) is 0. The number of rotatable bonds is 9. The summed E-state index contributed by atoms with van der Waals surface area (Å²) >= 11 is 0. The molecule has 1 heterocycles. The Kier molecular flexibility index (Phi) is 7.84. The van der Waals surface area contributed by atoms with Crippen LogP contribution in [0.15, 0.2) is 12.4 Å². The van der Waals surface area contributed by atoms with Gasteiger partial charge >= 0.3 is 0 Å². The van der Waals surface area contributed by atoms with Crippen LogP contribution in [0.5, 0.6) is 0 Å². The Balaban J connectivity index is 2.79. The minimum Gasteiger partial charge on any atom is -0.338 e. The first-order chi connectivity index (χ1) is 10.4. The molecule has 1 aromatic rings. The van der Waals surface area contributed by atoms with E-state index in [9.17, 15) is 0 Å². The normalized spacial score (nSPS) is 13.2. The van der Waals surface area contributed by atoms with Gasteiger partial charge in [-0.2, -0.15) is 0 Å². The van der Waals surface area contributed by atoms with Gasteiger partial charge in [0.2, 0.25) is 5.95 Å². The maximum atomic E-state index is 4.61. The minimum absolute atomic E-state index is 0.338. The Morgan fingerprint density at radius 3 is 2.23 bits per heavy atom. The zero-order valence-electron chi connectivity index (χ0n) is 15.5. The van der Waals surface area contributed by atoms with Crippen molar-refractivity contribution in [1.29, 1.82) is 0 Å². The fourth-order valence-corrected chi connectivity index (χ4v) is 2.50. The van der Waals surface area contributed by atoms with Crippen LogP contribution in [0, 0.1) is 5.41 Å². The Morgan fingerprint density at radius 2 is 1.73 bits per heavy atom. The van der Waals surface area contributed by atoms with Crippen LogP contribution in [-0.4, -0.2) is 22.6 Å². The summed E-state index contributed by atoms with van der Waals surface area (Å²) in [5.41, 5.74) is 1.54. The zero-order chi connectivity index (χ0) is 16.6. The van der Waals surface area contributed by atoms with Gasteiger partial charge in [0.15, 0.2) is 0 Å². The van der Waals surface area contributed by atoms with E-state index < -0.39 is 0 Å². The standard InChI is InChI=1S/C19H35N3/c1-7-9-10-11-16(3)22(13-12-19(4,5)6)18-20-14-17(8-2)15-21-18/h14-16H,7-13H2,1-6H3. The number of nitrogens with zero attached hydrogens (tertiary/aromatic N) is 3. The average Bonchev–Trinajstić information content (AvgIpc) is 2.47. The Labute approximate surface area is 137 Å². The highest BCUT2D eigenvalue weighted by Gasteiger charge is 2.20. The molecule has 3 nitrogen and oxygen atoms in total. The number of hydrogen-bond acceptors (Lipinski definition) is 3. The highest BCUT2D eigenvalue weighted by Crippen LogP contribution is 2.23. The summed E-state index contributed by atoms with van der Waals surface area (Å²) in [6.07, 6.45) is 11.2. The first-order valence-electron chi connectivity index (χ1n) is 8.95. The lowest BCUT2D eigenvalue weighted by molar-refractivity contribution is 0.369. The van der Waals surface area contributed by atoms with Crippen molar-refractivity contribution < 1.29 is 0 Å². The minimum atomic E-state index is 0.338. The third kappa shape index (κ3) is 6.76. The van der Waals surface area contributed by atoms with E-state index in [1.54, 1.807) is 0 Å². The molecule has 22 heavy (non-hydrogen) atoms. The molecule has 0 aliphatic rings. The van der Waals surface area contributed by atoms with Crippen molar-refractivity contribution in [3.63, 3.8) is 0 Å². The maximum absolute atomic E-state index is 4.61. The van der Waals surface area contributed by atoms with E-state index in [1.807, 2.05) is 12.4 Å². The summed E-state index contributed by atoms with van der Waals surface area (Å²) in [5, 5.41) is 0. The van der Waals surface area contributed by atoms with Crippen molar-refractivity contribution in [2.75, 3.05) is 11.4 Å². The number of aromatic nitrogens is 2. The third-order valence-corrected chi connectivity index (χ3v) is 4.22. The smallest absolute Gasteiger partial charge is 0.225 e. The number of anilines is 1. The molecule has 0 amide bonds. The largest absolute Gasteiger partial charge is 0.338 e. The van der Waals surface area contributed by atoms with E-state index in [1.165, 1.54) is 31.2 Å². The van der Waals surface area contributed by atoms with Gasteiger partial charge in [0.05, 0.1) is 0 Å². The van der Waals surface area contributed by atoms with Gasteiger partial charge in [0, 0.05) is 25.0 Å². The Morgan fingerprint density at radius 1 is 1.09 bits per heavy atom. The van der Waals surface area contributed by atoms with Gasteiger partial charge in [0.25, 0.3) is 0 Å². The second kappa shape index (κ2) is 9.12. The molecule has 1 rings (SSSR count). The number of aryl methyl sites for hydroxylation is 1. The monoisotopic (exact) mass is 305 g/mol. The van der Waals surface area contributed by atoms with Gasteiger partial charge in [-0.25, -0.2) is 9.97 Å². The van der Waals surface area contributed by atoms with E-state index in [0.717, 1.165) is 25.3 Å². The van der Waals surface area contributed by atoms with Crippen molar-refractivity contribution in [1.82, 2.24) is 9.97 Å². The molecule has 0 radical (unpaired) electrons. The summed E-state index contributed by atoms with van der Waals surface area (Å²) in [5.74, 6) is 0.894. The molecule has 1 atom stereocenters. The van der Waals surface area contributed by atoms with Crippen LogP contribution in [0.1, 0.15) is 79.2 Å². The average molecular weight is 306 g/mol. The van der Waals surface area contributed by atoms with E-state index in [-0.39, 0.29) is 0 Å². The molecule has 3 heteroatoms. The molecule has 1 unspecified atom stereocenters. The van der Waals surface area contributed by atoms with Gasteiger partial charge in [0.1, 0.15) is 0 Å². The lowest BCUT2D eigenvalue weighted by Crippen LogP contribution is -2.37. The molecule has 1 aromatic heterocycles. The molecular weight excluding hydrogens is 270 g/mol. The van der Waals surface area contributed by atoms with Crippen LogP contribution in [-0.2, 0) is 6.42 Å². The lowest BCUT2D eigenvalue weighted by Gasteiger charge is -2.32. The predicted octanol–water partition coefficient (Wildman–Crippen LogP) is 5.25. The molecule has 126 valence electrons. The van der Waals surface area contributed by atoms with Gasteiger partial charge in [-0.1, -0.05) is 53.9 Å². The molecule has 0 bridgehead atoms. The van der Waals surface area contributed by atoms with Gasteiger partial charge in [-0.15, -0.1) is 0 Å². The summed E-state index contributed by atoms with van der Waals surface area (Å²) < 4.78 is 0. The molecule has 0 aliphatic heterocycles. The first kappa shape index (κ1) is 18.9. The summed E-state index contributed by atoms with van der Waals surface area (Å²) in [7, 11) is 0. The summed E-state index contributed by atoms with van der Waals surface area (Å²) in [6.45, 7) is 14.6. The van der Waals surface area contributed by atoms with Crippen molar-refractivity contribution in [2.24, 2.45) is 5.41 Å². The van der Waals surface area contributed by atoms with Crippen LogP contribution >= 0.6 is 0 Å². The van der Waals surface area contributed by atoms with Gasteiger partial charge in [-0.05, 0) is 37.2 Å². The fraction of sp³-hybridized carbons (Fsp3) is 0.789. The van der Waals surface area contributed by atoms with Crippen LogP contribution in [0.2, 0.25) is 0 Å². The Hall–Kier alpha value is -1.12. The second-order valence-electron chi connectivity index (χ2n) is 7.59. The SMILES string of the molecule is CCCCCC(C)N(CCC(C)(C)C)c1ncc(CC)cn1. The van der Waals surface area contributed by atoms with Gasteiger partial charge < -0.3 is 4.90 Å². The predicted molar refractivity (Wildman–Crippen MR) is 96.4 cm³/mol. The molecule has 0 fully saturated rings. The highest BCUT2D eigenvalue weighted by atomic mass is 15.3. The van der Waals surface area contributed by atoms with Crippen LogP contribution < -0.4 is 4.90 Å². The molecule has 0 N–H and O–H groups in total. The topological polar surface area (TPSA) is 29.0 Å². The third-order valence-electron chi connectivity index (χ3n) is 4.22. The van der Waals surface area contributed by atoms with Crippen molar-refractivity contribution in [2.45, 2.75) is 86.1 Å². The molecule has 0 aliphatic carbocycles. The molecular formula is C19H35N3. The molecule has 0 aromatic carbocycles. The first-order valence-corrected chi connectivity index (χ1v) is 8.95. The quantitative estimate of drug-likeness (QED) is 0.583. The highest BCUT2D eigenvalue weighted by molar-refractivity contribution is 5.31. The van der Waals surface area contributed by atoms with Crippen molar-refractivity contribution >= 4 is 5.95 Å². The van der Waals surface area contributed by atoms with Gasteiger partial charge in [-0.3, -0.25) is 0 Å². The van der Waals surface area contributed by atoms with E-state index in [2.05, 4.69) is 56.4 Å². The Bertz CT molecular complexity index is 406. The van der Waals surface area contributed by atoms with E-state index in [4.69, 9.17) is 0 Å². The number of unbranched alkanes of at least 4 members (excludes halogenated alkanes) is 2. The fourth-order valence-electron chi connectivity index (χ4n) is 2.50. The second-order valence-corrected chi connectivity index (χ2v) is 7.59. The maximum Gasteiger partial charge on any atom is 0.225 e. The van der Waals surface area contributed by atoms with Crippen LogP contribution in [0.3, 0.4) is 0 Å². The van der Waals surface area contributed by atoms with Crippen LogP contribution in [0.25, 0.3) is 0 Å². The van der Waals surface area contributed by atoms with E-state index in [0.29, 0.717) is 11.5 Å². The molecule has 0 saturated heterocycles. The summed E-state index contributed by atoms with van der Waals surface area (Å²) in [6, 6.07) is 0.501. The van der Waals surface area contributed by atoms with Crippen molar-refractivity contribution in [3.8, 4) is 0 Å². The van der Waals surface area contributed by atoms with E-state index >= 15 is 0 Å². The zero-order valence-corrected chi connectivity index (χ0v) is 15.5. The molecule has 0 saturated carbocycles. The van der Waals surface area contributed by atoms with Crippen molar-refractivity contribution in [3.05, 3.63) is 18.0 Å². The van der Waals surface area contributed by atoms with Crippen LogP contribution in [0.4, 0.5) is 5.95 Å². The lowest BCUT2D eigenvalue weighted by atomic mass is 9.92.